The number of amides is 1. The Balaban J connectivity index is 1.53. The molecule has 3 aromatic carbocycles. The van der Waals surface area contributed by atoms with Gasteiger partial charge in [0.05, 0.1) is 11.3 Å². The number of nitrogens with one attached hydrogen (secondary N) is 1. The molecule has 31 heavy (non-hydrogen) atoms. The van der Waals surface area contributed by atoms with E-state index >= 15 is 0 Å². The predicted molar refractivity (Wildman–Crippen MR) is 117 cm³/mol. The van der Waals surface area contributed by atoms with Crippen LogP contribution in [0.1, 0.15) is 32.0 Å². The fraction of sp³-hybridized carbons (Fsp3) is 0.0800. The molecule has 154 valence electrons. The van der Waals surface area contributed by atoms with E-state index in [0.29, 0.717) is 12.1 Å². The molecule has 0 spiro atoms. The molecule has 0 aliphatic carbocycles. The molecule has 0 bridgehead atoms. The van der Waals surface area contributed by atoms with E-state index < -0.39 is 11.9 Å². The van der Waals surface area contributed by atoms with Gasteiger partial charge in [0.25, 0.3) is 5.91 Å². The zero-order valence-electron chi connectivity index (χ0n) is 16.6. The third kappa shape index (κ3) is 4.87. The molecule has 0 saturated heterocycles. The quantitative estimate of drug-likeness (QED) is 0.442. The summed E-state index contributed by atoms with van der Waals surface area (Å²) in [6.45, 7) is 0. The summed E-state index contributed by atoms with van der Waals surface area (Å²) in [6.07, 6.45) is 1.52. The summed E-state index contributed by atoms with van der Waals surface area (Å²) < 4.78 is 5.18. The van der Waals surface area contributed by atoms with Gasteiger partial charge in [-0.1, -0.05) is 71.9 Å². The van der Waals surface area contributed by atoms with Gasteiger partial charge in [0.15, 0.2) is 0 Å². The Morgan fingerprint density at radius 2 is 1.52 bits per heavy atom. The molecular weight excluding hydrogens is 392 g/mol. The number of aryl methyl sites for hydroxylation is 2. The van der Waals surface area contributed by atoms with Crippen molar-refractivity contribution in [3.05, 3.63) is 107 Å². The topological polar surface area (TPSA) is 92.4 Å². The van der Waals surface area contributed by atoms with Crippen molar-refractivity contribution in [3.8, 4) is 11.3 Å². The number of aromatic nitrogens is 1. The normalized spacial score (nSPS) is 10.6. The Hall–Kier alpha value is -4.19. The van der Waals surface area contributed by atoms with E-state index in [0.717, 1.165) is 17.5 Å². The fourth-order valence-electron chi connectivity index (χ4n) is 3.28. The van der Waals surface area contributed by atoms with Gasteiger partial charge < -0.3 is 14.9 Å². The smallest absolute Gasteiger partial charge is 0.337 e. The number of aromatic carboxylic acids is 1. The van der Waals surface area contributed by atoms with Crippen LogP contribution in [0.25, 0.3) is 11.3 Å². The van der Waals surface area contributed by atoms with E-state index in [9.17, 15) is 14.7 Å². The summed E-state index contributed by atoms with van der Waals surface area (Å²) in [5, 5.41) is 16.1. The molecule has 1 aromatic heterocycles. The molecule has 2 N–H and O–H groups in total. The van der Waals surface area contributed by atoms with Gasteiger partial charge in [0, 0.05) is 11.6 Å². The first kappa shape index (κ1) is 20.1. The molecule has 0 fully saturated rings. The van der Waals surface area contributed by atoms with Crippen LogP contribution in [0, 0.1) is 0 Å². The Kier molecular flexibility index (Phi) is 5.89. The number of benzene rings is 3. The molecule has 0 radical (unpaired) electrons. The highest BCUT2D eigenvalue weighted by molar-refractivity contribution is 6.06. The van der Waals surface area contributed by atoms with Crippen molar-refractivity contribution in [2.45, 2.75) is 12.8 Å². The van der Waals surface area contributed by atoms with Gasteiger partial charge in [0.1, 0.15) is 5.69 Å². The van der Waals surface area contributed by atoms with Crippen LogP contribution in [0.5, 0.6) is 0 Å². The van der Waals surface area contributed by atoms with Crippen LogP contribution in [-0.2, 0) is 12.8 Å². The van der Waals surface area contributed by atoms with Crippen LogP contribution in [0.3, 0.4) is 0 Å². The molecule has 4 rings (SSSR count). The minimum Gasteiger partial charge on any atom is -0.478 e. The molecule has 0 aliphatic heterocycles. The molecule has 0 saturated carbocycles. The molecule has 1 heterocycles. The maximum Gasteiger partial charge on any atom is 0.337 e. The largest absolute Gasteiger partial charge is 0.478 e. The second kappa shape index (κ2) is 9.09. The maximum atomic E-state index is 12.7. The maximum absolute atomic E-state index is 12.7. The fourth-order valence-corrected chi connectivity index (χ4v) is 3.28. The average molecular weight is 412 g/mol. The molecular formula is C25H20N2O4. The first-order valence-electron chi connectivity index (χ1n) is 9.84. The zero-order chi connectivity index (χ0) is 21.6. The van der Waals surface area contributed by atoms with Crippen molar-refractivity contribution in [1.82, 2.24) is 5.16 Å². The molecule has 1 amide bonds. The molecule has 6 nitrogen and oxygen atoms in total. The lowest BCUT2D eigenvalue weighted by Crippen LogP contribution is -2.14. The highest BCUT2D eigenvalue weighted by Crippen LogP contribution is 2.22. The highest BCUT2D eigenvalue weighted by Gasteiger charge is 2.18. The second-order valence-corrected chi connectivity index (χ2v) is 7.07. The van der Waals surface area contributed by atoms with E-state index in [-0.39, 0.29) is 17.0 Å². The summed E-state index contributed by atoms with van der Waals surface area (Å²) >= 11 is 0. The number of carboxylic acids is 1. The van der Waals surface area contributed by atoms with Gasteiger partial charge in [-0.05, 0) is 36.1 Å². The standard InChI is InChI=1S/C25H20N2O4/c28-24(23-16-21(27-31-23)19-9-5-2-6-10-19)26-22-15-18(13-14-20(22)25(29)30)12-11-17-7-3-1-4-8-17/h1-10,13-16H,11-12H2,(H,26,28)(H,29,30). The van der Waals surface area contributed by atoms with E-state index in [1.807, 2.05) is 60.7 Å². The van der Waals surface area contributed by atoms with Gasteiger partial charge in [-0.2, -0.15) is 0 Å². The van der Waals surface area contributed by atoms with Crippen molar-refractivity contribution in [1.29, 1.82) is 0 Å². The van der Waals surface area contributed by atoms with Crippen LogP contribution < -0.4 is 5.32 Å². The third-order valence-electron chi connectivity index (χ3n) is 4.91. The van der Waals surface area contributed by atoms with E-state index in [1.165, 1.54) is 17.7 Å². The van der Waals surface area contributed by atoms with Crippen LogP contribution in [-0.4, -0.2) is 22.1 Å². The number of rotatable bonds is 7. The zero-order valence-corrected chi connectivity index (χ0v) is 16.6. The lowest BCUT2D eigenvalue weighted by atomic mass is 10.0. The monoisotopic (exact) mass is 412 g/mol. The lowest BCUT2D eigenvalue weighted by molar-refractivity contribution is 0.0698. The van der Waals surface area contributed by atoms with Crippen LogP contribution >= 0.6 is 0 Å². The minimum atomic E-state index is -1.12. The Morgan fingerprint density at radius 3 is 2.23 bits per heavy atom. The van der Waals surface area contributed by atoms with Crippen molar-refractivity contribution >= 4 is 17.6 Å². The number of hydrogen-bond acceptors (Lipinski definition) is 4. The Morgan fingerprint density at radius 1 is 0.839 bits per heavy atom. The van der Waals surface area contributed by atoms with Gasteiger partial charge in [-0.15, -0.1) is 0 Å². The number of carbonyl (C=O) groups excluding carboxylic acids is 1. The van der Waals surface area contributed by atoms with Gasteiger partial charge in [-0.3, -0.25) is 4.79 Å². The molecule has 0 aliphatic rings. The Labute approximate surface area is 179 Å². The van der Waals surface area contributed by atoms with Crippen LogP contribution in [0.15, 0.2) is 89.5 Å². The predicted octanol–water partition coefficient (Wildman–Crippen LogP) is 5.08. The first-order chi connectivity index (χ1) is 15.1. The van der Waals surface area contributed by atoms with Crippen molar-refractivity contribution in [2.24, 2.45) is 0 Å². The Bertz CT molecular complexity index is 1200. The number of nitrogens with zero attached hydrogens (tertiary/aromatic N) is 1. The third-order valence-corrected chi connectivity index (χ3v) is 4.91. The number of hydrogen-bond donors (Lipinski definition) is 2. The summed E-state index contributed by atoms with van der Waals surface area (Å²) in [4.78, 5) is 24.3. The van der Waals surface area contributed by atoms with Gasteiger partial charge in [-0.25, -0.2) is 4.79 Å². The first-order valence-corrected chi connectivity index (χ1v) is 9.84. The minimum absolute atomic E-state index is 0.00452. The summed E-state index contributed by atoms with van der Waals surface area (Å²) in [5.74, 6) is -1.67. The molecule has 6 heteroatoms. The van der Waals surface area contributed by atoms with E-state index in [4.69, 9.17) is 4.52 Å². The van der Waals surface area contributed by atoms with Crippen LogP contribution in [0.4, 0.5) is 5.69 Å². The number of carboxylic acid groups (broad SMARTS) is 1. The van der Waals surface area contributed by atoms with Gasteiger partial charge >= 0.3 is 5.97 Å². The number of anilines is 1. The molecule has 0 unspecified atom stereocenters. The average Bonchev–Trinajstić information content (AvgIpc) is 3.29. The summed E-state index contributed by atoms with van der Waals surface area (Å²) in [6, 6.07) is 25.8. The van der Waals surface area contributed by atoms with Gasteiger partial charge in [0.2, 0.25) is 5.76 Å². The highest BCUT2D eigenvalue weighted by atomic mass is 16.5. The van der Waals surface area contributed by atoms with Crippen molar-refractivity contribution in [3.63, 3.8) is 0 Å². The van der Waals surface area contributed by atoms with Crippen LogP contribution in [0.2, 0.25) is 0 Å². The van der Waals surface area contributed by atoms with Crippen molar-refractivity contribution in [2.75, 3.05) is 5.32 Å². The molecule has 0 atom stereocenters. The lowest BCUT2D eigenvalue weighted by Gasteiger charge is -2.10. The summed E-state index contributed by atoms with van der Waals surface area (Å²) in [5.41, 5.74) is 3.69. The number of carbonyl (C=O) groups is 2. The van der Waals surface area contributed by atoms with Crippen molar-refractivity contribution < 1.29 is 19.2 Å². The van der Waals surface area contributed by atoms with E-state index in [2.05, 4.69) is 10.5 Å². The molecule has 4 aromatic rings. The second-order valence-electron chi connectivity index (χ2n) is 7.07. The SMILES string of the molecule is O=C(Nc1cc(CCc2ccccc2)ccc1C(=O)O)c1cc(-c2ccccc2)no1. The van der Waals surface area contributed by atoms with E-state index in [1.54, 1.807) is 12.1 Å². The summed E-state index contributed by atoms with van der Waals surface area (Å²) in [7, 11) is 0.